The normalized spacial score (nSPS) is 15.8. The summed E-state index contributed by atoms with van der Waals surface area (Å²) < 4.78 is 5.30. The van der Waals surface area contributed by atoms with E-state index in [1.165, 1.54) is 0 Å². The average molecular weight is 306 g/mol. The van der Waals surface area contributed by atoms with E-state index in [0.29, 0.717) is 31.8 Å². The maximum atomic E-state index is 12.3. The molecule has 1 aromatic heterocycles. The van der Waals surface area contributed by atoms with Gasteiger partial charge in [0.15, 0.2) is 0 Å². The molecular formula is C17H26N2O3. The monoisotopic (exact) mass is 306 g/mol. The van der Waals surface area contributed by atoms with Gasteiger partial charge in [0.25, 0.3) is 0 Å². The van der Waals surface area contributed by atoms with Crippen LogP contribution in [-0.2, 0) is 16.1 Å². The molecule has 0 N–H and O–H groups in total. The molecule has 1 aliphatic rings. The second-order valence-electron chi connectivity index (χ2n) is 6.06. The molecule has 22 heavy (non-hydrogen) atoms. The lowest BCUT2D eigenvalue weighted by atomic mass is 9.99. The summed E-state index contributed by atoms with van der Waals surface area (Å²) in [6, 6.07) is 3.66. The standard InChI is InChI=1S/C17H26N2O3/c1-3-16(20)19(13-15-5-4-12-22-15)11-8-17(21)18-9-6-14(2)7-10-18/h4-5,12,14H,3,6-11,13H2,1-2H3. The third kappa shape index (κ3) is 4.61. The summed E-state index contributed by atoms with van der Waals surface area (Å²) in [4.78, 5) is 28.0. The van der Waals surface area contributed by atoms with Crippen LogP contribution in [0.1, 0.15) is 45.3 Å². The maximum absolute atomic E-state index is 12.3. The molecule has 1 aromatic rings. The molecule has 122 valence electrons. The Kier molecular flexibility index (Phi) is 6.04. The van der Waals surface area contributed by atoms with Crippen LogP contribution in [0.15, 0.2) is 22.8 Å². The van der Waals surface area contributed by atoms with Gasteiger partial charge < -0.3 is 14.2 Å². The highest BCUT2D eigenvalue weighted by Crippen LogP contribution is 2.17. The van der Waals surface area contributed by atoms with E-state index in [1.807, 2.05) is 24.0 Å². The SMILES string of the molecule is CCC(=O)N(CCC(=O)N1CCC(C)CC1)Cc1ccco1. The molecule has 0 aliphatic carbocycles. The van der Waals surface area contributed by atoms with Gasteiger partial charge >= 0.3 is 0 Å². The highest BCUT2D eigenvalue weighted by Gasteiger charge is 2.21. The van der Waals surface area contributed by atoms with E-state index < -0.39 is 0 Å². The van der Waals surface area contributed by atoms with Gasteiger partial charge in [0.05, 0.1) is 12.8 Å². The molecule has 5 nitrogen and oxygen atoms in total. The van der Waals surface area contributed by atoms with Crippen LogP contribution in [0.3, 0.4) is 0 Å². The lowest BCUT2D eigenvalue weighted by molar-refractivity contribution is -0.135. The number of hydrogen-bond donors (Lipinski definition) is 0. The molecule has 0 aromatic carbocycles. The van der Waals surface area contributed by atoms with Gasteiger partial charge in [-0.25, -0.2) is 0 Å². The summed E-state index contributed by atoms with van der Waals surface area (Å²) in [6.45, 7) is 6.65. The quantitative estimate of drug-likeness (QED) is 0.812. The molecule has 1 aliphatic heterocycles. The van der Waals surface area contributed by atoms with Gasteiger partial charge in [0, 0.05) is 32.5 Å². The summed E-state index contributed by atoms with van der Waals surface area (Å²) in [7, 11) is 0. The van der Waals surface area contributed by atoms with Crippen molar-refractivity contribution in [1.29, 1.82) is 0 Å². The van der Waals surface area contributed by atoms with Crippen molar-refractivity contribution in [2.45, 2.75) is 46.1 Å². The number of nitrogens with zero attached hydrogens (tertiary/aromatic N) is 2. The topological polar surface area (TPSA) is 53.8 Å². The first-order valence-electron chi connectivity index (χ1n) is 8.18. The van der Waals surface area contributed by atoms with Crippen LogP contribution in [0.5, 0.6) is 0 Å². The Hall–Kier alpha value is -1.78. The summed E-state index contributed by atoms with van der Waals surface area (Å²) in [5.41, 5.74) is 0. The Morgan fingerprint density at radius 3 is 2.68 bits per heavy atom. The third-order valence-electron chi connectivity index (χ3n) is 4.31. The van der Waals surface area contributed by atoms with Crippen molar-refractivity contribution in [3.8, 4) is 0 Å². The molecule has 0 bridgehead atoms. The fourth-order valence-corrected chi connectivity index (χ4v) is 2.75. The minimum atomic E-state index is 0.0523. The fraction of sp³-hybridized carbons (Fsp3) is 0.647. The summed E-state index contributed by atoms with van der Waals surface area (Å²) >= 11 is 0. The van der Waals surface area contributed by atoms with Gasteiger partial charge in [-0.05, 0) is 30.9 Å². The van der Waals surface area contributed by atoms with Gasteiger partial charge in [0.2, 0.25) is 11.8 Å². The number of piperidine rings is 1. The minimum absolute atomic E-state index is 0.0523. The van der Waals surface area contributed by atoms with E-state index >= 15 is 0 Å². The van der Waals surface area contributed by atoms with E-state index in [-0.39, 0.29) is 11.8 Å². The van der Waals surface area contributed by atoms with Gasteiger partial charge in [-0.3, -0.25) is 9.59 Å². The number of likely N-dealkylation sites (tertiary alicyclic amines) is 1. The van der Waals surface area contributed by atoms with Crippen LogP contribution in [-0.4, -0.2) is 41.2 Å². The second-order valence-corrected chi connectivity index (χ2v) is 6.06. The predicted molar refractivity (Wildman–Crippen MR) is 84.0 cm³/mol. The van der Waals surface area contributed by atoms with Crippen molar-refractivity contribution < 1.29 is 14.0 Å². The lowest BCUT2D eigenvalue weighted by Crippen LogP contribution is -2.40. The first-order valence-corrected chi connectivity index (χ1v) is 8.18. The van der Waals surface area contributed by atoms with Gasteiger partial charge in [-0.2, -0.15) is 0 Å². The highest BCUT2D eigenvalue weighted by molar-refractivity contribution is 5.79. The van der Waals surface area contributed by atoms with Crippen molar-refractivity contribution in [2.24, 2.45) is 5.92 Å². The number of furan rings is 1. The smallest absolute Gasteiger partial charge is 0.224 e. The number of rotatable bonds is 6. The number of carbonyl (C=O) groups is 2. The van der Waals surface area contributed by atoms with Crippen LogP contribution in [0, 0.1) is 5.92 Å². The Morgan fingerprint density at radius 1 is 1.36 bits per heavy atom. The van der Waals surface area contributed by atoms with Crippen LogP contribution in [0.4, 0.5) is 0 Å². The Labute approximate surface area is 132 Å². The zero-order chi connectivity index (χ0) is 15.9. The molecule has 1 fully saturated rings. The zero-order valence-electron chi connectivity index (χ0n) is 13.6. The Morgan fingerprint density at radius 2 is 2.09 bits per heavy atom. The largest absolute Gasteiger partial charge is 0.467 e. The number of carbonyl (C=O) groups excluding carboxylic acids is 2. The van der Waals surface area contributed by atoms with Crippen LogP contribution in [0.25, 0.3) is 0 Å². The number of hydrogen-bond acceptors (Lipinski definition) is 3. The molecule has 1 saturated heterocycles. The first kappa shape index (κ1) is 16.6. The minimum Gasteiger partial charge on any atom is -0.467 e. The van der Waals surface area contributed by atoms with Gasteiger partial charge in [-0.15, -0.1) is 0 Å². The van der Waals surface area contributed by atoms with Crippen LogP contribution < -0.4 is 0 Å². The van der Waals surface area contributed by atoms with E-state index in [0.717, 1.165) is 31.7 Å². The molecule has 0 spiro atoms. The maximum Gasteiger partial charge on any atom is 0.224 e. The first-order chi connectivity index (χ1) is 10.6. The number of amides is 2. The summed E-state index contributed by atoms with van der Waals surface area (Å²) in [6.07, 6.45) is 4.59. The molecule has 2 rings (SSSR count). The molecule has 2 amide bonds. The summed E-state index contributed by atoms with van der Waals surface area (Å²) in [5.74, 6) is 1.67. The molecular weight excluding hydrogens is 280 g/mol. The second kappa shape index (κ2) is 8.01. The highest BCUT2D eigenvalue weighted by atomic mass is 16.3. The fourth-order valence-electron chi connectivity index (χ4n) is 2.75. The summed E-state index contributed by atoms with van der Waals surface area (Å²) in [5, 5.41) is 0. The molecule has 2 heterocycles. The van der Waals surface area contributed by atoms with Crippen molar-refractivity contribution in [1.82, 2.24) is 9.80 Å². The van der Waals surface area contributed by atoms with Gasteiger partial charge in [0.1, 0.15) is 5.76 Å². The van der Waals surface area contributed by atoms with Crippen molar-refractivity contribution in [3.05, 3.63) is 24.2 Å². The van der Waals surface area contributed by atoms with Crippen LogP contribution >= 0.6 is 0 Å². The van der Waals surface area contributed by atoms with E-state index in [4.69, 9.17) is 4.42 Å². The zero-order valence-corrected chi connectivity index (χ0v) is 13.6. The van der Waals surface area contributed by atoms with E-state index in [2.05, 4.69) is 6.92 Å². The van der Waals surface area contributed by atoms with Crippen LogP contribution in [0.2, 0.25) is 0 Å². The third-order valence-corrected chi connectivity index (χ3v) is 4.31. The molecule has 0 unspecified atom stereocenters. The van der Waals surface area contributed by atoms with E-state index in [1.54, 1.807) is 11.2 Å². The lowest BCUT2D eigenvalue weighted by Gasteiger charge is -2.31. The average Bonchev–Trinajstić information content (AvgIpc) is 3.04. The predicted octanol–water partition coefficient (Wildman–Crippen LogP) is 2.67. The van der Waals surface area contributed by atoms with Crippen molar-refractivity contribution in [3.63, 3.8) is 0 Å². The molecule has 5 heteroatoms. The molecule has 0 saturated carbocycles. The molecule has 0 radical (unpaired) electrons. The Balaban J connectivity index is 1.85. The van der Waals surface area contributed by atoms with E-state index in [9.17, 15) is 9.59 Å². The van der Waals surface area contributed by atoms with Gasteiger partial charge in [-0.1, -0.05) is 13.8 Å². The molecule has 0 atom stereocenters. The van der Waals surface area contributed by atoms with Crippen molar-refractivity contribution >= 4 is 11.8 Å². The van der Waals surface area contributed by atoms with Crippen molar-refractivity contribution in [2.75, 3.05) is 19.6 Å². The Bertz CT molecular complexity index is 476.